The molecule has 0 bridgehead atoms. The zero-order chi connectivity index (χ0) is 23.0. The van der Waals surface area contributed by atoms with E-state index in [-0.39, 0.29) is 12.2 Å². The van der Waals surface area contributed by atoms with E-state index in [1.54, 1.807) is 0 Å². The Morgan fingerprint density at radius 2 is 1.74 bits per heavy atom. The molecule has 4 atom stereocenters. The molecule has 3 rings (SSSR count). The standard InChI is InChI=1S/C16H11I5N3O6P/c17-9-6(10(18)12(20)13(21)11(9)19)2-1-5-4-24(16(26)23-14(5)22)8-3-7(25)15(29-8)30-31(27)28/h4,7-8,15,25,31H,3H2,(H,27,28)(H2,22,23,26)/t7-,8-,15-/m1/s1. The third kappa shape index (κ3) is 6.06. The maximum Gasteiger partial charge on any atom is 0.351 e. The van der Waals surface area contributed by atoms with E-state index in [4.69, 9.17) is 15.4 Å². The molecule has 9 nitrogen and oxygen atoms in total. The topological polar surface area (TPSA) is 137 Å². The Morgan fingerprint density at radius 1 is 1.16 bits per heavy atom. The Bertz CT molecular complexity index is 1170. The summed E-state index contributed by atoms with van der Waals surface area (Å²) in [4.78, 5) is 25.1. The summed E-state index contributed by atoms with van der Waals surface area (Å²) >= 11 is 11.4. The van der Waals surface area contributed by atoms with Crippen molar-refractivity contribution in [1.82, 2.24) is 9.55 Å². The van der Waals surface area contributed by atoms with Gasteiger partial charge >= 0.3 is 13.9 Å². The molecule has 2 heterocycles. The predicted octanol–water partition coefficient (Wildman–Crippen LogP) is 3.25. The predicted molar refractivity (Wildman–Crippen MR) is 156 cm³/mol. The van der Waals surface area contributed by atoms with Crippen LogP contribution in [-0.2, 0) is 13.8 Å². The molecule has 1 unspecified atom stereocenters. The van der Waals surface area contributed by atoms with Gasteiger partial charge < -0.3 is 20.5 Å². The summed E-state index contributed by atoms with van der Waals surface area (Å²) in [6.07, 6.45) is -2.06. The van der Waals surface area contributed by atoms with Crippen LogP contribution in [0, 0.1) is 29.7 Å². The second-order valence-corrected chi connectivity index (χ2v) is 12.2. The molecule has 1 fully saturated rings. The Kier molecular flexibility index (Phi) is 9.74. The minimum absolute atomic E-state index is 0.0263. The zero-order valence-corrected chi connectivity index (χ0v) is 26.7. The van der Waals surface area contributed by atoms with Crippen molar-refractivity contribution in [2.75, 3.05) is 5.73 Å². The third-order valence-corrected chi connectivity index (χ3v) is 14.0. The summed E-state index contributed by atoms with van der Waals surface area (Å²) in [5.74, 6) is 6.08. The SMILES string of the molecule is Nc1nc(=O)n([C@H]2C[C@@H](O)[C@@H](O[PH](=O)O)O2)cc1C#Cc1c(I)c(I)c(I)c(I)c1I. The molecule has 1 aliphatic heterocycles. The van der Waals surface area contributed by atoms with Crippen molar-refractivity contribution in [3.05, 3.63) is 45.7 Å². The van der Waals surface area contributed by atoms with Crippen LogP contribution in [0.25, 0.3) is 0 Å². The molecule has 0 amide bonds. The Labute approximate surface area is 245 Å². The van der Waals surface area contributed by atoms with Crippen molar-refractivity contribution in [3.63, 3.8) is 0 Å². The molecule has 1 aliphatic rings. The van der Waals surface area contributed by atoms with Gasteiger partial charge in [-0.2, -0.15) is 4.98 Å². The first-order valence-electron chi connectivity index (χ1n) is 8.16. The lowest BCUT2D eigenvalue weighted by molar-refractivity contribution is -0.126. The van der Waals surface area contributed by atoms with Crippen LogP contribution in [0.15, 0.2) is 11.0 Å². The van der Waals surface area contributed by atoms with E-state index in [1.165, 1.54) is 6.20 Å². The fourth-order valence-corrected chi connectivity index (χ4v) is 8.07. The van der Waals surface area contributed by atoms with Gasteiger partial charge in [0.15, 0.2) is 6.29 Å². The van der Waals surface area contributed by atoms with Gasteiger partial charge in [0.25, 0.3) is 0 Å². The summed E-state index contributed by atoms with van der Waals surface area (Å²) in [5, 5.41) is 10.00. The molecule has 166 valence electrons. The Balaban J connectivity index is 2.00. The number of nitrogens with zero attached hydrogens (tertiary/aromatic N) is 2. The number of anilines is 1. The molecule has 0 spiro atoms. The lowest BCUT2D eigenvalue weighted by Crippen LogP contribution is -2.28. The summed E-state index contributed by atoms with van der Waals surface area (Å²) in [5.41, 5.74) is 6.38. The molecule has 31 heavy (non-hydrogen) atoms. The van der Waals surface area contributed by atoms with Crippen LogP contribution < -0.4 is 11.4 Å². The highest BCUT2D eigenvalue weighted by molar-refractivity contribution is 14.1. The Hall–Kier alpha value is 1.18. The van der Waals surface area contributed by atoms with Crippen LogP contribution in [0.4, 0.5) is 5.82 Å². The molecule has 4 N–H and O–H groups in total. The van der Waals surface area contributed by atoms with E-state index in [1.807, 2.05) is 0 Å². The maximum absolute atomic E-state index is 12.3. The van der Waals surface area contributed by atoms with Gasteiger partial charge in [0.2, 0.25) is 0 Å². The monoisotopic (exact) mass is 1010 g/mol. The highest BCUT2D eigenvalue weighted by Gasteiger charge is 2.37. The van der Waals surface area contributed by atoms with Gasteiger partial charge in [-0.3, -0.25) is 13.7 Å². The fraction of sp³-hybridized carbons (Fsp3) is 0.250. The lowest BCUT2D eigenvalue weighted by Gasteiger charge is -2.15. The number of halogens is 5. The summed E-state index contributed by atoms with van der Waals surface area (Å²) in [6.45, 7) is 0. The van der Waals surface area contributed by atoms with E-state index < -0.39 is 32.6 Å². The average Bonchev–Trinajstić information content (AvgIpc) is 3.05. The molecule has 2 aromatic rings. The largest absolute Gasteiger partial charge is 0.388 e. The minimum atomic E-state index is -3.32. The zero-order valence-electron chi connectivity index (χ0n) is 14.9. The molecule has 0 aliphatic carbocycles. The van der Waals surface area contributed by atoms with Crippen molar-refractivity contribution in [1.29, 1.82) is 0 Å². The number of rotatable bonds is 3. The Morgan fingerprint density at radius 3 is 2.32 bits per heavy atom. The highest BCUT2D eigenvalue weighted by Crippen LogP contribution is 2.34. The first-order chi connectivity index (χ1) is 14.5. The quantitative estimate of drug-likeness (QED) is 0.140. The molecule has 0 radical (unpaired) electrons. The number of benzene rings is 1. The average molecular weight is 1010 g/mol. The normalized spacial score (nSPS) is 21.6. The maximum atomic E-state index is 12.3. The summed E-state index contributed by atoms with van der Waals surface area (Å²) < 4.78 is 27.5. The smallest absolute Gasteiger partial charge is 0.351 e. The van der Waals surface area contributed by atoms with Gasteiger partial charge in [-0.25, -0.2) is 4.79 Å². The van der Waals surface area contributed by atoms with Gasteiger partial charge in [-0.15, -0.1) is 0 Å². The molecule has 1 saturated heterocycles. The first-order valence-corrected chi connectivity index (χ1v) is 14.8. The first kappa shape index (κ1) is 26.8. The fourth-order valence-electron chi connectivity index (χ4n) is 2.63. The van der Waals surface area contributed by atoms with Gasteiger partial charge in [0.1, 0.15) is 18.1 Å². The molecule has 1 aromatic carbocycles. The number of hydrogen-bond acceptors (Lipinski definition) is 7. The van der Waals surface area contributed by atoms with Crippen molar-refractivity contribution in [2.24, 2.45) is 0 Å². The molecule has 1 aromatic heterocycles. The molecule has 0 saturated carbocycles. The van der Waals surface area contributed by atoms with Gasteiger partial charge in [0.05, 0.1) is 11.1 Å². The highest BCUT2D eigenvalue weighted by atomic mass is 127. The third-order valence-electron chi connectivity index (χ3n) is 4.09. The van der Waals surface area contributed by atoms with Gasteiger partial charge in [-0.1, -0.05) is 11.8 Å². The van der Waals surface area contributed by atoms with Crippen molar-refractivity contribution in [3.8, 4) is 11.8 Å². The number of nitrogens with two attached hydrogens (primary N) is 1. The van der Waals surface area contributed by atoms with Crippen LogP contribution in [0.5, 0.6) is 0 Å². The number of nitrogen functional groups attached to an aromatic ring is 1. The number of aromatic nitrogens is 2. The summed E-state index contributed by atoms with van der Waals surface area (Å²) in [6, 6.07) is 0. The van der Waals surface area contributed by atoms with Crippen molar-refractivity contribution in [2.45, 2.75) is 25.0 Å². The lowest BCUT2D eigenvalue weighted by atomic mass is 10.2. The van der Waals surface area contributed by atoms with E-state index in [2.05, 4.69) is 134 Å². The number of ether oxygens (including phenoxy) is 1. The summed E-state index contributed by atoms with van der Waals surface area (Å²) in [7, 11) is -3.32. The number of aliphatic hydroxyl groups is 1. The van der Waals surface area contributed by atoms with Crippen molar-refractivity contribution >= 4 is 127 Å². The van der Waals surface area contributed by atoms with Gasteiger partial charge in [0, 0.05) is 30.5 Å². The van der Waals surface area contributed by atoms with E-state index in [0.717, 1.165) is 28.0 Å². The van der Waals surface area contributed by atoms with Crippen LogP contribution >= 0.6 is 121 Å². The number of aliphatic hydroxyl groups excluding tert-OH is 1. The van der Waals surface area contributed by atoms with Crippen LogP contribution in [-0.4, -0.2) is 31.9 Å². The van der Waals surface area contributed by atoms with E-state index in [0.29, 0.717) is 5.56 Å². The van der Waals surface area contributed by atoms with Gasteiger partial charge in [-0.05, 0) is 113 Å². The molecular weight excluding hydrogens is 996 g/mol. The number of hydrogen-bond donors (Lipinski definition) is 3. The molecular formula is C16H11I5N3O6P. The van der Waals surface area contributed by atoms with Crippen LogP contribution in [0.1, 0.15) is 23.8 Å². The van der Waals surface area contributed by atoms with Crippen LogP contribution in [0.2, 0.25) is 0 Å². The van der Waals surface area contributed by atoms with Crippen LogP contribution in [0.3, 0.4) is 0 Å². The minimum Gasteiger partial charge on any atom is -0.388 e. The second-order valence-electron chi connectivity index (χ2n) is 6.07. The van der Waals surface area contributed by atoms with Crippen molar-refractivity contribution < 1.29 is 23.8 Å². The molecule has 15 heteroatoms. The van der Waals surface area contributed by atoms with E-state index >= 15 is 0 Å². The van der Waals surface area contributed by atoms with E-state index in [9.17, 15) is 14.5 Å². The second kappa shape index (κ2) is 11.3.